The zero-order valence-corrected chi connectivity index (χ0v) is 7.69. The van der Waals surface area contributed by atoms with Gasteiger partial charge in [-0.05, 0) is 19.4 Å². The summed E-state index contributed by atoms with van der Waals surface area (Å²) in [6.07, 6.45) is 2.39. The summed E-state index contributed by atoms with van der Waals surface area (Å²) in [6, 6.07) is 0. The first-order valence-electron chi connectivity index (χ1n) is 4.35. The molecule has 1 saturated heterocycles. The topological polar surface area (TPSA) is 17.3 Å². The number of rotatable bonds is 4. The maximum atomic E-state index is 5.58. The summed E-state index contributed by atoms with van der Waals surface area (Å²) in [4.78, 5) is 2.47. The van der Waals surface area contributed by atoms with E-state index < -0.39 is 0 Å². The van der Waals surface area contributed by atoms with E-state index in [9.17, 15) is 0 Å². The standard InChI is InChI=1S/C8H16ClN2/c9-3-1-2-6-11-7-4-10-5-8-11/h1-8H2. The molecule has 2 nitrogen and oxygen atoms in total. The molecule has 1 rings (SSSR count). The van der Waals surface area contributed by atoms with Crippen molar-refractivity contribution in [3.63, 3.8) is 0 Å². The number of piperazine rings is 1. The predicted octanol–water partition coefficient (Wildman–Crippen LogP) is 0.925. The normalized spacial score (nSPS) is 20.5. The van der Waals surface area contributed by atoms with Crippen LogP contribution in [0.3, 0.4) is 0 Å². The van der Waals surface area contributed by atoms with Crippen molar-refractivity contribution in [3.05, 3.63) is 0 Å². The van der Waals surface area contributed by atoms with Gasteiger partial charge in [0.1, 0.15) is 0 Å². The van der Waals surface area contributed by atoms with Gasteiger partial charge in [0.25, 0.3) is 0 Å². The lowest BCUT2D eigenvalue weighted by Gasteiger charge is -2.25. The highest BCUT2D eigenvalue weighted by Gasteiger charge is 2.08. The van der Waals surface area contributed by atoms with Crippen LogP contribution in [-0.2, 0) is 0 Å². The lowest BCUT2D eigenvalue weighted by Crippen LogP contribution is -2.40. The lowest BCUT2D eigenvalue weighted by atomic mass is 10.3. The molecule has 0 aromatic carbocycles. The second kappa shape index (κ2) is 5.81. The van der Waals surface area contributed by atoms with Crippen molar-refractivity contribution >= 4 is 11.6 Å². The lowest BCUT2D eigenvalue weighted by molar-refractivity contribution is 0.235. The molecule has 0 N–H and O–H groups in total. The van der Waals surface area contributed by atoms with Gasteiger partial charge in [0.05, 0.1) is 0 Å². The number of alkyl halides is 1. The van der Waals surface area contributed by atoms with Gasteiger partial charge in [0, 0.05) is 32.1 Å². The highest BCUT2D eigenvalue weighted by Crippen LogP contribution is 1.98. The summed E-state index contributed by atoms with van der Waals surface area (Å²) in [5.41, 5.74) is 0. The molecule has 0 unspecified atom stereocenters. The Morgan fingerprint density at radius 3 is 2.55 bits per heavy atom. The average molecular weight is 176 g/mol. The van der Waals surface area contributed by atoms with Gasteiger partial charge in [-0.1, -0.05) is 0 Å². The van der Waals surface area contributed by atoms with E-state index in [2.05, 4.69) is 10.2 Å². The number of hydrogen-bond acceptors (Lipinski definition) is 1. The fourth-order valence-electron chi connectivity index (χ4n) is 1.30. The van der Waals surface area contributed by atoms with E-state index in [1.807, 2.05) is 0 Å². The molecule has 0 amide bonds. The Balaban J connectivity index is 1.96. The average Bonchev–Trinajstić information content (AvgIpc) is 2.07. The zero-order chi connectivity index (χ0) is 7.94. The summed E-state index contributed by atoms with van der Waals surface area (Å²) < 4.78 is 0. The summed E-state index contributed by atoms with van der Waals surface area (Å²) >= 11 is 5.58. The van der Waals surface area contributed by atoms with Gasteiger partial charge in [-0.3, -0.25) is 0 Å². The first-order valence-corrected chi connectivity index (χ1v) is 4.88. The Morgan fingerprint density at radius 2 is 1.91 bits per heavy atom. The minimum Gasteiger partial charge on any atom is -0.301 e. The molecule has 0 saturated carbocycles. The second-order valence-electron chi connectivity index (χ2n) is 2.91. The zero-order valence-electron chi connectivity index (χ0n) is 6.93. The Hall–Kier alpha value is 0.210. The number of unbranched alkanes of at least 4 members (excludes halogenated alkanes) is 1. The molecule has 1 aliphatic heterocycles. The molecule has 1 heterocycles. The molecule has 0 bridgehead atoms. The van der Waals surface area contributed by atoms with Gasteiger partial charge in [-0.2, -0.15) is 0 Å². The van der Waals surface area contributed by atoms with Gasteiger partial charge in [0.2, 0.25) is 0 Å². The van der Waals surface area contributed by atoms with Crippen LogP contribution in [0.5, 0.6) is 0 Å². The third-order valence-corrected chi connectivity index (χ3v) is 2.27. The third kappa shape index (κ3) is 3.94. The fourth-order valence-corrected chi connectivity index (χ4v) is 1.49. The Morgan fingerprint density at radius 1 is 1.18 bits per heavy atom. The summed E-state index contributed by atoms with van der Waals surface area (Å²) in [5.74, 6) is 0.804. The summed E-state index contributed by atoms with van der Waals surface area (Å²) in [6.45, 7) is 5.58. The first-order chi connectivity index (χ1) is 5.43. The van der Waals surface area contributed by atoms with Gasteiger partial charge >= 0.3 is 0 Å². The van der Waals surface area contributed by atoms with E-state index >= 15 is 0 Å². The molecule has 1 aliphatic rings. The number of nitrogens with zero attached hydrogens (tertiary/aromatic N) is 2. The Bertz CT molecular complexity index is 92.1. The van der Waals surface area contributed by atoms with Crippen LogP contribution in [0.25, 0.3) is 0 Å². The van der Waals surface area contributed by atoms with Crippen LogP contribution in [0.15, 0.2) is 0 Å². The molecule has 0 aliphatic carbocycles. The largest absolute Gasteiger partial charge is 0.301 e. The van der Waals surface area contributed by atoms with Gasteiger partial charge in [-0.15, -0.1) is 11.6 Å². The Labute approximate surface area is 73.9 Å². The van der Waals surface area contributed by atoms with Crippen molar-refractivity contribution in [2.75, 3.05) is 38.6 Å². The molecule has 1 radical (unpaired) electrons. The van der Waals surface area contributed by atoms with Crippen LogP contribution in [0.2, 0.25) is 0 Å². The van der Waals surface area contributed by atoms with Crippen LogP contribution < -0.4 is 5.32 Å². The minimum atomic E-state index is 0.804. The highest BCUT2D eigenvalue weighted by molar-refractivity contribution is 6.17. The van der Waals surface area contributed by atoms with Crippen LogP contribution in [0.4, 0.5) is 0 Å². The molecular formula is C8H16ClN2. The molecule has 11 heavy (non-hydrogen) atoms. The van der Waals surface area contributed by atoms with Crippen molar-refractivity contribution in [1.82, 2.24) is 10.2 Å². The monoisotopic (exact) mass is 175 g/mol. The maximum absolute atomic E-state index is 5.58. The van der Waals surface area contributed by atoms with Gasteiger partial charge < -0.3 is 4.90 Å². The molecular weight excluding hydrogens is 160 g/mol. The third-order valence-electron chi connectivity index (χ3n) is 2.01. The minimum absolute atomic E-state index is 0.804. The molecule has 3 heteroatoms. The van der Waals surface area contributed by atoms with E-state index in [4.69, 9.17) is 11.6 Å². The fraction of sp³-hybridized carbons (Fsp3) is 1.00. The predicted molar refractivity (Wildman–Crippen MR) is 48.3 cm³/mol. The molecule has 1 fully saturated rings. The quantitative estimate of drug-likeness (QED) is 0.459. The van der Waals surface area contributed by atoms with Crippen LogP contribution in [0, 0.1) is 0 Å². The van der Waals surface area contributed by atoms with E-state index in [0.29, 0.717) is 0 Å². The maximum Gasteiger partial charge on any atom is 0.0261 e. The highest BCUT2D eigenvalue weighted by atomic mass is 35.5. The molecule has 0 aromatic rings. The first kappa shape index (κ1) is 9.30. The van der Waals surface area contributed by atoms with E-state index in [0.717, 1.165) is 38.5 Å². The molecule has 0 aromatic heterocycles. The SMILES string of the molecule is ClCCCCN1CC[N]CC1. The van der Waals surface area contributed by atoms with Crippen molar-refractivity contribution in [3.8, 4) is 0 Å². The molecule has 0 atom stereocenters. The Kier molecular flexibility index (Phi) is 4.91. The summed E-state index contributed by atoms with van der Waals surface area (Å²) in [5, 5.41) is 4.29. The molecule has 0 spiro atoms. The van der Waals surface area contributed by atoms with Crippen LogP contribution >= 0.6 is 11.6 Å². The number of hydrogen-bond donors (Lipinski definition) is 0. The van der Waals surface area contributed by atoms with E-state index in [1.54, 1.807) is 0 Å². The van der Waals surface area contributed by atoms with Gasteiger partial charge in [-0.25, -0.2) is 5.32 Å². The van der Waals surface area contributed by atoms with Crippen molar-refractivity contribution in [2.24, 2.45) is 0 Å². The van der Waals surface area contributed by atoms with Gasteiger partial charge in [0.15, 0.2) is 0 Å². The van der Waals surface area contributed by atoms with Crippen LogP contribution in [-0.4, -0.2) is 43.5 Å². The smallest absolute Gasteiger partial charge is 0.0261 e. The van der Waals surface area contributed by atoms with Crippen LogP contribution in [0.1, 0.15) is 12.8 Å². The second-order valence-corrected chi connectivity index (χ2v) is 3.29. The summed E-state index contributed by atoms with van der Waals surface area (Å²) in [7, 11) is 0. The van der Waals surface area contributed by atoms with E-state index in [-0.39, 0.29) is 0 Å². The van der Waals surface area contributed by atoms with Crippen molar-refractivity contribution < 1.29 is 0 Å². The van der Waals surface area contributed by atoms with E-state index in [1.165, 1.54) is 13.0 Å². The number of halogens is 1. The molecule has 65 valence electrons. The van der Waals surface area contributed by atoms with Crippen molar-refractivity contribution in [1.29, 1.82) is 0 Å². The van der Waals surface area contributed by atoms with Crippen molar-refractivity contribution in [2.45, 2.75) is 12.8 Å².